The molecule has 0 unspecified atom stereocenters. The second-order valence-corrected chi connectivity index (χ2v) is 7.58. The number of benzene rings is 1. The van der Waals surface area contributed by atoms with Crippen molar-refractivity contribution >= 4 is 11.8 Å². The van der Waals surface area contributed by atoms with E-state index in [1.807, 2.05) is 57.2 Å². The standard InChI is InChI=1S/C20H24N2O3/c1-12-10-15-11-16(23)18(20(12,3)25-15)22-17(13(2)21(4)19(22)24)14-8-6-5-7-9-14/h5-10,13,15,17-18H,11H2,1-4H3/t13-,15+,17-,18-,20-/m0/s1. The van der Waals surface area contributed by atoms with Crippen LogP contribution in [0.5, 0.6) is 0 Å². The normalized spacial score (nSPS) is 37.7. The zero-order valence-electron chi connectivity index (χ0n) is 15.1. The van der Waals surface area contributed by atoms with Gasteiger partial charge in [-0.1, -0.05) is 36.4 Å². The molecular weight excluding hydrogens is 316 g/mol. The van der Waals surface area contributed by atoms with E-state index in [2.05, 4.69) is 0 Å². The SMILES string of the molecule is CC1=C[C@@H]2CC(=O)[C@H](N3C(=O)N(C)[C@@H](C)[C@H]3c3ccccc3)[C@@]1(C)O2. The zero-order valence-corrected chi connectivity index (χ0v) is 15.1. The van der Waals surface area contributed by atoms with E-state index in [0.29, 0.717) is 6.42 Å². The van der Waals surface area contributed by atoms with Crippen LogP contribution in [-0.2, 0) is 9.53 Å². The number of Topliss-reactive ketones (excluding diaryl/α,β-unsaturated/α-hetero) is 1. The molecule has 1 aromatic carbocycles. The fourth-order valence-corrected chi connectivity index (χ4v) is 4.58. The fraction of sp³-hybridized carbons (Fsp3) is 0.500. The van der Waals surface area contributed by atoms with Crippen molar-refractivity contribution in [1.82, 2.24) is 9.80 Å². The topological polar surface area (TPSA) is 49.9 Å². The molecule has 0 aliphatic carbocycles. The highest BCUT2D eigenvalue weighted by atomic mass is 16.5. The number of urea groups is 1. The molecule has 0 saturated carbocycles. The lowest BCUT2D eigenvalue weighted by atomic mass is 9.83. The average Bonchev–Trinajstić information content (AvgIpc) is 2.94. The molecule has 2 amide bonds. The van der Waals surface area contributed by atoms with E-state index in [-0.39, 0.29) is 30.0 Å². The lowest BCUT2D eigenvalue weighted by Gasteiger charge is -2.45. The summed E-state index contributed by atoms with van der Waals surface area (Å²) in [6.07, 6.45) is 2.21. The number of carbonyl (C=O) groups is 2. The van der Waals surface area contributed by atoms with Crippen LogP contribution in [0.1, 0.15) is 38.8 Å². The molecule has 1 aromatic rings. The maximum Gasteiger partial charge on any atom is 0.321 e. The van der Waals surface area contributed by atoms with Crippen molar-refractivity contribution in [3.63, 3.8) is 0 Å². The maximum absolute atomic E-state index is 13.1. The van der Waals surface area contributed by atoms with Gasteiger partial charge < -0.3 is 14.5 Å². The van der Waals surface area contributed by atoms with Gasteiger partial charge in [-0.05, 0) is 31.9 Å². The van der Waals surface area contributed by atoms with Crippen molar-refractivity contribution in [3.05, 3.63) is 47.5 Å². The first kappa shape index (κ1) is 16.3. The van der Waals surface area contributed by atoms with Gasteiger partial charge in [0.1, 0.15) is 11.6 Å². The molecule has 25 heavy (non-hydrogen) atoms. The Morgan fingerprint density at radius 1 is 1.20 bits per heavy atom. The molecular formula is C20H24N2O3. The first-order valence-corrected chi connectivity index (χ1v) is 8.84. The van der Waals surface area contributed by atoms with E-state index in [1.165, 1.54) is 0 Å². The first-order valence-electron chi connectivity index (χ1n) is 8.84. The van der Waals surface area contributed by atoms with E-state index in [1.54, 1.807) is 16.8 Å². The summed E-state index contributed by atoms with van der Waals surface area (Å²) in [6, 6.07) is 9.07. The Balaban J connectivity index is 1.82. The van der Waals surface area contributed by atoms with E-state index in [9.17, 15) is 9.59 Å². The molecule has 4 rings (SSSR count). The number of ether oxygens (including phenoxy) is 1. The van der Waals surface area contributed by atoms with Gasteiger partial charge in [0.05, 0.1) is 18.2 Å². The second-order valence-electron chi connectivity index (χ2n) is 7.58. The molecule has 2 saturated heterocycles. The Hall–Kier alpha value is -2.14. The first-order chi connectivity index (χ1) is 11.8. The molecule has 0 spiro atoms. The van der Waals surface area contributed by atoms with Gasteiger partial charge in [-0.3, -0.25) is 4.79 Å². The van der Waals surface area contributed by atoms with Gasteiger partial charge >= 0.3 is 6.03 Å². The summed E-state index contributed by atoms with van der Waals surface area (Å²) in [6.45, 7) is 5.97. The molecule has 132 valence electrons. The number of ketones is 1. The van der Waals surface area contributed by atoms with E-state index < -0.39 is 11.6 Å². The minimum atomic E-state index is -0.742. The summed E-state index contributed by atoms with van der Waals surface area (Å²) in [4.78, 5) is 29.6. The van der Waals surface area contributed by atoms with Crippen molar-refractivity contribution in [3.8, 4) is 0 Å². The summed E-state index contributed by atoms with van der Waals surface area (Å²) in [5.41, 5.74) is 1.34. The molecule has 5 heteroatoms. The third-order valence-electron chi connectivity index (χ3n) is 6.15. The smallest absolute Gasteiger partial charge is 0.321 e. The third-order valence-corrected chi connectivity index (χ3v) is 6.15. The van der Waals surface area contributed by atoms with Crippen LogP contribution >= 0.6 is 0 Å². The van der Waals surface area contributed by atoms with Crippen molar-refractivity contribution < 1.29 is 14.3 Å². The molecule has 2 fully saturated rings. The van der Waals surface area contributed by atoms with Crippen LogP contribution in [0.4, 0.5) is 4.79 Å². The quantitative estimate of drug-likeness (QED) is 0.778. The predicted molar refractivity (Wildman–Crippen MR) is 94.1 cm³/mol. The van der Waals surface area contributed by atoms with E-state index in [4.69, 9.17) is 4.74 Å². The van der Waals surface area contributed by atoms with Crippen molar-refractivity contribution in [1.29, 1.82) is 0 Å². The summed E-state index contributed by atoms with van der Waals surface area (Å²) >= 11 is 0. The average molecular weight is 340 g/mol. The number of likely N-dealkylation sites (N-methyl/N-ethyl adjacent to an activating group) is 1. The number of hydrogen-bond acceptors (Lipinski definition) is 3. The van der Waals surface area contributed by atoms with Crippen LogP contribution < -0.4 is 0 Å². The van der Waals surface area contributed by atoms with Gasteiger partial charge in [-0.25, -0.2) is 4.79 Å². The molecule has 0 N–H and O–H groups in total. The number of hydrogen-bond donors (Lipinski definition) is 0. The highest BCUT2D eigenvalue weighted by molar-refractivity contribution is 5.93. The van der Waals surface area contributed by atoms with Gasteiger partial charge in [0, 0.05) is 13.5 Å². The van der Waals surface area contributed by atoms with Crippen LogP contribution in [-0.4, -0.2) is 52.5 Å². The molecule has 2 bridgehead atoms. The number of rotatable bonds is 2. The maximum atomic E-state index is 13.1. The van der Waals surface area contributed by atoms with Gasteiger partial charge in [-0.15, -0.1) is 0 Å². The van der Waals surface area contributed by atoms with Crippen molar-refractivity contribution in [2.24, 2.45) is 0 Å². The summed E-state index contributed by atoms with van der Waals surface area (Å²) in [5.74, 6) is 0.0867. The Bertz CT molecular complexity index is 759. The Morgan fingerprint density at radius 2 is 1.88 bits per heavy atom. The van der Waals surface area contributed by atoms with E-state index >= 15 is 0 Å². The molecule has 5 nitrogen and oxygen atoms in total. The minimum Gasteiger partial charge on any atom is -0.361 e. The van der Waals surface area contributed by atoms with Crippen LogP contribution in [0.3, 0.4) is 0 Å². The molecule has 5 atom stereocenters. The minimum absolute atomic E-state index is 0.0188. The van der Waals surface area contributed by atoms with Crippen molar-refractivity contribution in [2.45, 2.75) is 57.0 Å². The Morgan fingerprint density at radius 3 is 2.56 bits per heavy atom. The van der Waals surface area contributed by atoms with Crippen LogP contribution in [0.2, 0.25) is 0 Å². The Kier molecular flexibility index (Phi) is 3.55. The molecule has 3 aliphatic rings. The number of amides is 2. The van der Waals surface area contributed by atoms with Gasteiger partial charge in [0.25, 0.3) is 0 Å². The van der Waals surface area contributed by atoms with E-state index in [0.717, 1.165) is 11.1 Å². The van der Waals surface area contributed by atoms with Gasteiger partial charge in [-0.2, -0.15) is 0 Å². The number of carbonyl (C=O) groups excluding carboxylic acids is 2. The number of nitrogens with zero attached hydrogens (tertiary/aromatic N) is 2. The second kappa shape index (κ2) is 5.43. The summed E-state index contributed by atoms with van der Waals surface area (Å²) in [5, 5.41) is 0. The van der Waals surface area contributed by atoms with Gasteiger partial charge in [0.2, 0.25) is 0 Å². The van der Waals surface area contributed by atoms with Crippen LogP contribution in [0.15, 0.2) is 42.0 Å². The molecule has 0 aromatic heterocycles. The lowest BCUT2D eigenvalue weighted by molar-refractivity contribution is -0.151. The molecule has 0 radical (unpaired) electrons. The predicted octanol–water partition coefficient (Wildman–Crippen LogP) is 2.93. The molecule has 3 aliphatic heterocycles. The van der Waals surface area contributed by atoms with Crippen molar-refractivity contribution in [2.75, 3.05) is 7.05 Å². The monoisotopic (exact) mass is 340 g/mol. The highest BCUT2D eigenvalue weighted by Gasteiger charge is 2.59. The largest absolute Gasteiger partial charge is 0.361 e. The van der Waals surface area contributed by atoms with Crippen LogP contribution in [0, 0.1) is 0 Å². The van der Waals surface area contributed by atoms with Crippen LogP contribution in [0.25, 0.3) is 0 Å². The fourth-order valence-electron chi connectivity index (χ4n) is 4.58. The highest BCUT2D eigenvalue weighted by Crippen LogP contribution is 2.47. The Labute approximate surface area is 148 Å². The van der Waals surface area contributed by atoms with Gasteiger partial charge in [0.15, 0.2) is 5.78 Å². The summed E-state index contributed by atoms with van der Waals surface area (Å²) < 4.78 is 6.17. The number of fused-ring (bicyclic) bond motifs is 2. The molecule has 3 heterocycles. The lowest BCUT2D eigenvalue weighted by Crippen LogP contribution is -2.60. The summed E-state index contributed by atoms with van der Waals surface area (Å²) in [7, 11) is 1.81. The zero-order chi connectivity index (χ0) is 17.9. The third kappa shape index (κ3) is 2.18.